The number of aromatic nitrogens is 1. The Hall–Kier alpha value is -3.22. The van der Waals surface area contributed by atoms with Crippen LogP contribution in [0.1, 0.15) is 0 Å². The molecular weight excluding hydrogens is 284 g/mol. The Morgan fingerprint density at radius 2 is 1.77 bits per heavy atom. The first kappa shape index (κ1) is 13.7. The van der Waals surface area contributed by atoms with E-state index in [4.69, 9.17) is 0 Å². The van der Waals surface area contributed by atoms with Crippen LogP contribution in [0, 0.1) is 10.1 Å². The molecule has 0 bridgehead atoms. The number of hydrogen-bond acceptors (Lipinski definition) is 5. The summed E-state index contributed by atoms with van der Waals surface area (Å²) in [5.74, 6) is 0.0202. The lowest BCUT2D eigenvalue weighted by Crippen LogP contribution is -1.85. The Morgan fingerprint density at radius 1 is 1.09 bits per heavy atom. The zero-order chi connectivity index (χ0) is 15.7. The molecule has 0 saturated carbocycles. The molecule has 0 aliphatic carbocycles. The number of nitro benzene ring substituents is 1. The summed E-state index contributed by atoms with van der Waals surface area (Å²) in [6.07, 6.45) is 0. The van der Waals surface area contributed by atoms with Gasteiger partial charge in [-0.25, -0.2) is 0 Å². The van der Waals surface area contributed by atoms with Crippen LogP contribution in [0.4, 0.5) is 17.1 Å². The van der Waals surface area contributed by atoms with Crippen molar-refractivity contribution in [2.24, 2.45) is 17.3 Å². The average Bonchev–Trinajstić information content (AvgIpc) is 2.78. The summed E-state index contributed by atoms with van der Waals surface area (Å²) >= 11 is 0. The van der Waals surface area contributed by atoms with Gasteiger partial charge in [-0.3, -0.25) is 10.1 Å². The van der Waals surface area contributed by atoms with E-state index in [2.05, 4.69) is 10.2 Å². The van der Waals surface area contributed by atoms with Gasteiger partial charge in [-0.15, -0.1) is 5.11 Å². The first-order valence-corrected chi connectivity index (χ1v) is 6.50. The number of aromatic hydroxyl groups is 1. The third kappa shape index (κ3) is 2.28. The minimum Gasteiger partial charge on any atom is -0.493 e. The normalized spacial score (nSPS) is 11.3. The van der Waals surface area contributed by atoms with E-state index in [0.29, 0.717) is 11.4 Å². The third-order valence-corrected chi connectivity index (χ3v) is 3.38. The molecule has 3 rings (SSSR count). The minimum atomic E-state index is -0.475. The number of azo groups is 1. The van der Waals surface area contributed by atoms with Crippen LogP contribution in [0.5, 0.6) is 5.88 Å². The van der Waals surface area contributed by atoms with Crippen LogP contribution in [-0.4, -0.2) is 14.6 Å². The van der Waals surface area contributed by atoms with E-state index in [-0.39, 0.29) is 11.6 Å². The zero-order valence-electron chi connectivity index (χ0n) is 11.7. The molecule has 110 valence electrons. The summed E-state index contributed by atoms with van der Waals surface area (Å²) in [6, 6.07) is 13.2. The van der Waals surface area contributed by atoms with Gasteiger partial charge >= 0.3 is 0 Å². The van der Waals surface area contributed by atoms with Gasteiger partial charge in [0.05, 0.1) is 16.1 Å². The molecule has 2 aromatic carbocycles. The number of hydrogen-bond donors (Lipinski definition) is 1. The maximum atomic E-state index is 10.6. The molecule has 0 amide bonds. The molecule has 0 aliphatic heterocycles. The van der Waals surface area contributed by atoms with Crippen molar-refractivity contribution in [3.63, 3.8) is 0 Å². The number of nitro groups is 1. The molecule has 0 aliphatic rings. The average molecular weight is 296 g/mol. The van der Waals surface area contributed by atoms with Gasteiger partial charge in [0.2, 0.25) is 5.88 Å². The van der Waals surface area contributed by atoms with E-state index in [1.54, 1.807) is 11.6 Å². The van der Waals surface area contributed by atoms with E-state index < -0.39 is 4.92 Å². The molecule has 0 saturated heterocycles. The summed E-state index contributed by atoms with van der Waals surface area (Å²) in [6.45, 7) is 0. The summed E-state index contributed by atoms with van der Waals surface area (Å²) in [7, 11) is 1.74. The molecule has 0 fully saturated rings. The van der Waals surface area contributed by atoms with Crippen LogP contribution >= 0.6 is 0 Å². The number of rotatable bonds is 3. The van der Waals surface area contributed by atoms with E-state index >= 15 is 0 Å². The highest BCUT2D eigenvalue weighted by Gasteiger charge is 2.13. The Kier molecular flexibility index (Phi) is 3.30. The molecule has 0 atom stereocenters. The van der Waals surface area contributed by atoms with Crippen LogP contribution in [0.15, 0.2) is 58.8 Å². The van der Waals surface area contributed by atoms with Gasteiger partial charge in [-0.05, 0) is 18.2 Å². The number of benzene rings is 2. The Bertz CT molecular complexity index is 882. The summed E-state index contributed by atoms with van der Waals surface area (Å²) < 4.78 is 1.62. The van der Waals surface area contributed by atoms with E-state index in [9.17, 15) is 15.2 Å². The minimum absolute atomic E-state index is 0.00745. The van der Waals surface area contributed by atoms with Crippen LogP contribution in [0.25, 0.3) is 10.9 Å². The van der Waals surface area contributed by atoms with E-state index in [1.807, 2.05) is 24.3 Å². The first-order valence-electron chi connectivity index (χ1n) is 6.50. The van der Waals surface area contributed by atoms with Gasteiger partial charge in [0.1, 0.15) is 0 Å². The lowest BCUT2D eigenvalue weighted by molar-refractivity contribution is -0.384. The Morgan fingerprint density at radius 3 is 2.45 bits per heavy atom. The van der Waals surface area contributed by atoms with Gasteiger partial charge in [0.25, 0.3) is 5.69 Å². The van der Waals surface area contributed by atoms with Crippen molar-refractivity contribution in [3.05, 3.63) is 58.6 Å². The highest BCUT2D eigenvalue weighted by atomic mass is 16.6. The highest BCUT2D eigenvalue weighted by molar-refractivity contribution is 5.94. The molecule has 0 radical (unpaired) electrons. The van der Waals surface area contributed by atoms with Crippen molar-refractivity contribution in [2.45, 2.75) is 0 Å². The summed E-state index contributed by atoms with van der Waals surface area (Å²) in [4.78, 5) is 10.1. The van der Waals surface area contributed by atoms with Crippen LogP contribution < -0.4 is 0 Å². The van der Waals surface area contributed by atoms with Crippen molar-refractivity contribution < 1.29 is 10.0 Å². The van der Waals surface area contributed by atoms with Gasteiger partial charge in [0, 0.05) is 24.6 Å². The highest BCUT2D eigenvalue weighted by Crippen LogP contribution is 2.38. The number of para-hydroxylation sites is 1. The molecule has 1 aromatic heterocycles. The summed E-state index contributed by atoms with van der Waals surface area (Å²) in [5, 5.41) is 29.6. The second-order valence-corrected chi connectivity index (χ2v) is 4.72. The fraction of sp³-hybridized carbons (Fsp3) is 0.0667. The van der Waals surface area contributed by atoms with Crippen molar-refractivity contribution >= 4 is 28.0 Å². The van der Waals surface area contributed by atoms with Crippen LogP contribution in [-0.2, 0) is 7.05 Å². The van der Waals surface area contributed by atoms with Gasteiger partial charge in [-0.2, -0.15) is 5.11 Å². The fourth-order valence-corrected chi connectivity index (χ4v) is 2.21. The number of aryl methyl sites for hydroxylation is 1. The second kappa shape index (κ2) is 5.28. The predicted molar refractivity (Wildman–Crippen MR) is 81.9 cm³/mol. The van der Waals surface area contributed by atoms with Gasteiger partial charge in [-0.1, -0.05) is 18.2 Å². The standard InChI is InChI=1S/C15H12N4O3/c1-18-13-5-3-2-4-12(13)14(15(18)20)17-16-10-6-8-11(9-7-10)19(21)22/h2-9,20H,1H3. The topological polar surface area (TPSA) is 93.0 Å². The molecule has 0 unspecified atom stereocenters. The molecule has 7 heteroatoms. The Balaban J connectivity index is 1.99. The van der Waals surface area contributed by atoms with Crippen LogP contribution in [0.3, 0.4) is 0 Å². The molecular formula is C15H12N4O3. The lowest BCUT2D eigenvalue weighted by Gasteiger charge is -1.95. The molecule has 1 N–H and O–H groups in total. The smallest absolute Gasteiger partial charge is 0.269 e. The molecule has 3 aromatic rings. The Labute approximate surface area is 125 Å². The fourth-order valence-electron chi connectivity index (χ4n) is 2.21. The number of nitrogens with zero attached hydrogens (tertiary/aromatic N) is 4. The monoisotopic (exact) mass is 296 g/mol. The van der Waals surface area contributed by atoms with Gasteiger partial charge < -0.3 is 9.67 Å². The largest absolute Gasteiger partial charge is 0.493 e. The quantitative estimate of drug-likeness (QED) is 0.445. The number of fused-ring (bicyclic) bond motifs is 1. The summed E-state index contributed by atoms with van der Waals surface area (Å²) in [5.41, 5.74) is 1.68. The van der Waals surface area contributed by atoms with Crippen molar-refractivity contribution in [1.82, 2.24) is 4.57 Å². The first-order chi connectivity index (χ1) is 10.6. The SMILES string of the molecule is Cn1c(O)c(N=Nc2ccc([N+](=O)[O-])cc2)c2ccccc21. The molecule has 22 heavy (non-hydrogen) atoms. The van der Waals surface area contributed by atoms with Crippen LogP contribution in [0.2, 0.25) is 0 Å². The third-order valence-electron chi connectivity index (χ3n) is 3.38. The zero-order valence-corrected chi connectivity index (χ0v) is 11.7. The lowest BCUT2D eigenvalue weighted by atomic mass is 10.2. The maximum Gasteiger partial charge on any atom is 0.269 e. The second-order valence-electron chi connectivity index (χ2n) is 4.72. The molecule has 7 nitrogen and oxygen atoms in total. The van der Waals surface area contributed by atoms with Crippen molar-refractivity contribution in [1.29, 1.82) is 0 Å². The van der Waals surface area contributed by atoms with E-state index in [0.717, 1.165) is 10.9 Å². The predicted octanol–water partition coefficient (Wildman–Crippen LogP) is 4.21. The molecule has 0 spiro atoms. The van der Waals surface area contributed by atoms with Crippen molar-refractivity contribution in [3.8, 4) is 5.88 Å². The number of non-ortho nitro benzene ring substituents is 1. The van der Waals surface area contributed by atoms with E-state index in [1.165, 1.54) is 24.3 Å². The van der Waals surface area contributed by atoms with Gasteiger partial charge in [0.15, 0.2) is 5.69 Å². The molecule has 1 heterocycles. The maximum absolute atomic E-state index is 10.6. The van der Waals surface area contributed by atoms with Crippen molar-refractivity contribution in [2.75, 3.05) is 0 Å².